The number of hydrogen-bond acceptors (Lipinski definition) is 0. The smallest absolute Gasteiger partial charge is 0.207 e. The SMILES string of the molecule is C[CH]CCCC(C)(F)F. The molecule has 0 N–H and O–H groups in total. The molecule has 55 valence electrons. The van der Waals surface area contributed by atoms with Crippen molar-refractivity contribution in [3.63, 3.8) is 0 Å². The molecule has 0 saturated carbocycles. The lowest BCUT2D eigenvalue weighted by atomic mass is 10.1. The minimum absolute atomic E-state index is 0.0112. The van der Waals surface area contributed by atoms with E-state index in [1.165, 1.54) is 0 Å². The Balaban J connectivity index is 3.07. The van der Waals surface area contributed by atoms with E-state index in [-0.39, 0.29) is 6.42 Å². The van der Waals surface area contributed by atoms with E-state index >= 15 is 0 Å². The van der Waals surface area contributed by atoms with Crippen LogP contribution in [0.4, 0.5) is 8.78 Å². The van der Waals surface area contributed by atoms with Crippen LogP contribution in [0.1, 0.15) is 33.1 Å². The minimum atomic E-state index is -2.47. The number of unbranched alkanes of at least 4 members (excludes halogenated alkanes) is 2. The summed E-state index contributed by atoms with van der Waals surface area (Å²) in [5, 5.41) is 0. The Morgan fingerprint density at radius 3 is 2.33 bits per heavy atom. The van der Waals surface area contributed by atoms with Crippen molar-refractivity contribution < 1.29 is 8.78 Å². The number of hydrogen-bond donors (Lipinski definition) is 0. The molecule has 0 aromatic rings. The van der Waals surface area contributed by atoms with E-state index in [0.29, 0.717) is 6.42 Å². The Labute approximate surface area is 55.3 Å². The van der Waals surface area contributed by atoms with Crippen molar-refractivity contribution in [1.82, 2.24) is 0 Å². The molecular formula is C7H13F2. The highest BCUT2D eigenvalue weighted by Crippen LogP contribution is 2.19. The largest absolute Gasteiger partial charge is 0.245 e. The van der Waals surface area contributed by atoms with Gasteiger partial charge in [0.25, 0.3) is 0 Å². The quantitative estimate of drug-likeness (QED) is 0.520. The molecule has 0 bridgehead atoms. The van der Waals surface area contributed by atoms with Crippen LogP contribution >= 0.6 is 0 Å². The first kappa shape index (κ1) is 8.86. The molecule has 0 amide bonds. The van der Waals surface area contributed by atoms with Gasteiger partial charge in [-0.2, -0.15) is 0 Å². The predicted molar refractivity (Wildman–Crippen MR) is 34.4 cm³/mol. The van der Waals surface area contributed by atoms with Gasteiger partial charge in [0.15, 0.2) is 0 Å². The zero-order valence-electron chi connectivity index (χ0n) is 5.95. The summed E-state index contributed by atoms with van der Waals surface area (Å²) in [5.41, 5.74) is 0. The van der Waals surface area contributed by atoms with E-state index in [1.54, 1.807) is 0 Å². The molecule has 0 saturated heterocycles. The molecule has 0 aromatic heterocycles. The summed E-state index contributed by atoms with van der Waals surface area (Å²) in [6.07, 6.45) is 3.31. The maximum absolute atomic E-state index is 12.0. The van der Waals surface area contributed by atoms with Gasteiger partial charge in [0.2, 0.25) is 5.92 Å². The van der Waals surface area contributed by atoms with Crippen molar-refractivity contribution in [2.75, 3.05) is 0 Å². The van der Waals surface area contributed by atoms with Gasteiger partial charge in [-0.25, -0.2) is 8.78 Å². The summed E-state index contributed by atoms with van der Waals surface area (Å²) >= 11 is 0. The zero-order valence-corrected chi connectivity index (χ0v) is 5.95. The van der Waals surface area contributed by atoms with Gasteiger partial charge >= 0.3 is 0 Å². The Hall–Kier alpha value is -0.140. The molecule has 0 unspecified atom stereocenters. The lowest BCUT2D eigenvalue weighted by Gasteiger charge is -2.07. The van der Waals surface area contributed by atoms with Gasteiger partial charge in [0.1, 0.15) is 0 Å². The first-order chi connectivity index (χ1) is 4.06. The van der Waals surface area contributed by atoms with Gasteiger partial charge in [0.05, 0.1) is 0 Å². The normalized spacial score (nSPS) is 12.0. The van der Waals surface area contributed by atoms with Crippen molar-refractivity contribution in [3.8, 4) is 0 Å². The second-order valence-electron chi connectivity index (χ2n) is 2.37. The third-order valence-corrected chi connectivity index (χ3v) is 1.11. The predicted octanol–water partition coefficient (Wildman–Crippen LogP) is 3.04. The fourth-order valence-electron chi connectivity index (χ4n) is 0.617. The molecule has 0 fully saturated rings. The molecule has 0 atom stereocenters. The molecule has 0 spiro atoms. The second-order valence-corrected chi connectivity index (χ2v) is 2.37. The summed E-state index contributed by atoms with van der Waals surface area (Å²) in [4.78, 5) is 0. The molecule has 0 aliphatic heterocycles. The summed E-state index contributed by atoms with van der Waals surface area (Å²) in [5.74, 6) is -2.47. The fourth-order valence-corrected chi connectivity index (χ4v) is 0.617. The van der Waals surface area contributed by atoms with Gasteiger partial charge in [-0.15, -0.1) is 0 Å². The van der Waals surface area contributed by atoms with Gasteiger partial charge < -0.3 is 0 Å². The highest BCUT2D eigenvalue weighted by molar-refractivity contribution is 4.62. The zero-order chi connectivity index (χ0) is 7.33. The van der Waals surface area contributed by atoms with Gasteiger partial charge in [-0.3, -0.25) is 0 Å². The van der Waals surface area contributed by atoms with E-state index in [4.69, 9.17) is 0 Å². The fraction of sp³-hybridized carbons (Fsp3) is 0.857. The lowest BCUT2D eigenvalue weighted by molar-refractivity contribution is 0.0110. The van der Waals surface area contributed by atoms with Crippen LogP contribution < -0.4 is 0 Å². The van der Waals surface area contributed by atoms with Crippen LogP contribution in [0.25, 0.3) is 0 Å². The van der Waals surface area contributed by atoms with E-state index in [1.807, 2.05) is 13.3 Å². The monoisotopic (exact) mass is 135 g/mol. The number of rotatable bonds is 4. The van der Waals surface area contributed by atoms with Crippen LogP contribution in [-0.4, -0.2) is 5.92 Å². The molecule has 0 aliphatic rings. The van der Waals surface area contributed by atoms with Gasteiger partial charge in [0, 0.05) is 6.42 Å². The van der Waals surface area contributed by atoms with Crippen LogP contribution in [-0.2, 0) is 0 Å². The standard InChI is InChI=1S/C7H13F2/c1-3-4-5-6-7(2,8)9/h3H,4-6H2,1-2H3. The van der Waals surface area contributed by atoms with Crippen LogP contribution in [0.5, 0.6) is 0 Å². The van der Waals surface area contributed by atoms with E-state index in [0.717, 1.165) is 13.3 Å². The molecular weight excluding hydrogens is 122 g/mol. The molecule has 0 heterocycles. The first-order valence-corrected chi connectivity index (χ1v) is 3.22. The Bertz CT molecular complexity index is 63.8. The van der Waals surface area contributed by atoms with Crippen molar-refractivity contribution in [2.45, 2.75) is 39.0 Å². The van der Waals surface area contributed by atoms with Gasteiger partial charge in [-0.1, -0.05) is 13.3 Å². The Morgan fingerprint density at radius 1 is 1.44 bits per heavy atom. The third-order valence-electron chi connectivity index (χ3n) is 1.11. The average molecular weight is 135 g/mol. The molecule has 0 aromatic carbocycles. The lowest BCUT2D eigenvalue weighted by Crippen LogP contribution is -2.08. The highest BCUT2D eigenvalue weighted by atomic mass is 19.3. The average Bonchev–Trinajstić information content (AvgIpc) is 1.63. The Morgan fingerprint density at radius 2 is 2.00 bits per heavy atom. The van der Waals surface area contributed by atoms with Crippen molar-refractivity contribution >= 4 is 0 Å². The summed E-state index contributed by atoms with van der Waals surface area (Å²) in [6.45, 7) is 2.84. The minimum Gasteiger partial charge on any atom is -0.207 e. The molecule has 1 radical (unpaired) electrons. The number of halogens is 2. The maximum atomic E-state index is 12.0. The van der Waals surface area contributed by atoms with E-state index in [9.17, 15) is 8.78 Å². The van der Waals surface area contributed by atoms with E-state index < -0.39 is 5.92 Å². The van der Waals surface area contributed by atoms with Crippen LogP contribution in [0.3, 0.4) is 0 Å². The summed E-state index contributed by atoms with van der Waals surface area (Å²) in [7, 11) is 0. The molecule has 9 heavy (non-hydrogen) atoms. The van der Waals surface area contributed by atoms with Crippen LogP contribution in [0.15, 0.2) is 0 Å². The topological polar surface area (TPSA) is 0 Å². The van der Waals surface area contributed by atoms with Crippen molar-refractivity contribution in [3.05, 3.63) is 6.42 Å². The first-order valence-electron chi connectivity index (χ1n) is 3.22. The Kier molecular flexibility index (Phi) is 3.75. The van der Waals surface area contributed by atoms with Crippen molar-refractivity contribution in [2.24, 2.45) is 0 Å². The van der Waals surface area contributed by atoms with Crippen molar-refractivity contribution in [1.29, 1.82) is 0 Å². The summed E-state index contributed by atoms with van der Waals surface area (Å²) < 4.78 is 24.1. The third kappa shape index (κ3) is 7.86. The molecule has 0 aliphatic carbocycles. The van der Waals surface area contributed by atoms with Crippen LogP contribution in [0.2, 0.25) is 0 Å². The maximum Gasteiger partial charge on any atom is 0.245 e. The molecule has 0 nitrogen and oxygen atoms in total. The highest BCUT2D eigenvalue weighted by Gasteiger charge is 2.19. The van der Waals surface area contributed by atoms with Gasteiger partial charge in [-0.05, 0) is 19.8 Å². The van der Waals surface area contributed by atoms with Crippen LogP contribution in [0, 0.1) is 6.42 Å². The molecule has 0 rings (SSSR count). The number of alkyl halides is 2. The molecule has 2 heteroatoms. The van der Waals surface area contributed by atoms with E-state index in [2.05, 4.69) is 0 Å². The second kappa shape index (κ2) is 3.80. The summed E-state index contributed by atoms with van der Waals surface area (Å²) in [6, 6.07) is 0.